The molecule has 2 aliphatic rings. The van der Waals surface area contributed by atoms with E-state index in [0.29, 0.717) is 18.4 Å². The number of allylic oxidation sites excluding steroid dienone is 4. The van der Waals surface area contributed by atoms with Gasteiger partial charge in [-0.15, -0.1) is 0 Å². The van der Waals surface area contributed by atoms with E-state index >= 15 is 0 Å². The maximum Gasteiger partial charge on any atom is 0.437 e. The first-order chi connectivity index (χ1) is 17.9. The number of rotatable bonds is 10. The van der Waals surface area contributed by atoms with Crippen LogP contribution in [0, 0.1) is 0 Å². The zero-order valence-electron chi connectivity index (χ0n) is 22.5. The number of cyclic esters (lactones) is 4. The number of hydrogen-bond acceptors (Lipinski definition) is 10. The van der Waals surface area contributed by atoms with Gasteiger partial charge < -0.3 is 29.2 Å². The first-order valence-corrected chi connectivity index (χ1v) is 12.8. The van der Waals surface area contributed by atoms with E-state index in [9.17, 15) is 29.4 Å². The number of ether oxygens (including phenoxy) is 4. The van der Waals surface area contributed by atoms with Crippen molar-refractivity contribution in [2.24, 2.45) is 0 Å². The number of carbonyl (C=O) groups excluding carboxylic acids is 4. The zero-order chi connectivity index (χ0) is 28.3. The van der Waals surface area contributed by atoms with Gasteiger partial charge in [0, 0.05) is 12.0 Å². The van der Waals surface area contributed by atoms with Crippen molar-refractivity contribution < 1.29 is 48.3 Å². The summed E-state index contributed by atoms with van der Waals surface area (Å²) in [5.41, 5.74) is 3.24. The van der Waals surface area contributed by atoms with E-state index < -0.39 is 41.7 Å². The number of aliphatic hydroxyl groups is 2. The smallest absolute Gasteiger partial charge is 0.437 e. The Bertz CT molecular complexity index is 1010. The highest BCUT2D eigenvalue weighted by Crippen LogP contribution is 2.33. The lowest BCUT2D eigenvalue weighted by Gasteiger charge is -2.29. The lowest BCUT2D eigenvalue weighted by atomic mass is 10.0. The molecule has 1 fully saturated rings. The van der Waals surface area contributed by atoms with E-state index in [1.807, 2.05) is 0 Å². The van der Waals surface area contributed by atoms with Crippen LogP contribution in [0.25, 0.3) is 0 Å². The van der Waals surface area contributed by atoms with Crippen molar-refractivity contribution in [1.29, 1.82) is 0 Å². The molecule has 2 heterocycles. The highest BCUT2D eigenvalue weighted by atomic mass is 16.9. The molecule has 10 heteroatoms. The Morgan fingerprint density at radius 2 is 1.45 bits per heavy atom. The minimum atomic E-state index is -2.99. The van der Waals surface area contributed by atoms with Crippen molar-refractivity contribution in [3.63, 3.8) is 0 Å². The van der Waals surface area contributed by atoms with Crippen molar-refractivity contribution >= 4 is 23.9 Å². The minimum Gasteiger partial charge on any atom is -0.457 e. The Labute approximate surface area is 223 Å². The molecule has 1 unspecified atom stereocenters. The number of carbonyl (C=O) groups is 4. The molecule has 0 radical (unpaired) electrons. The Hall–Kier alpha value is -3.24. The summed E-state index contributed by atoms with van der Waals surface area (Å²) in [4.78, 5) is 48.7. The van der Waals surface area contributed by atoms with E-state index in [-0.39, 0.29) is 44.3 Å². The van der Waals surface area contributed by atoms with Gasteiger partial charge in [0.15, 0.2) is 0 Å². The molecule has 0 aliphatic carbocycles. The molecule has 0 saturated carbocycles. The van der Waals surface area contributed by atoms with E-state index in [1.165, 1.54) is 18.1 Å². The summed E-state index contributed by atoms with van der Waals surface area (Å²) in [6.45, 7) is 7.38. The summed E-state index contributed by atoms with van der Waals surface area (Å²) in [5.74, 6) is -7.08. The molecular weight excluding hydrogens is 496 g/mol. The Morgan fingerprint density at radius 1 is 0.868 bits per heavy atom. The molecule has 0 amide bonds. The van der Waals surface area contributed by atoms with Gasteiger partial charge in [-0.2, -0.15) is 0 Å². The van der Waals surface area contributed by atoms with Gasteiger partial charge in [-0.1, -0.05) is 29.4 Å². The quantitative estimate of drug-likeness (QED) is 0.241. The van der Waals surface area contributed by atoms with Crippen molar-refractivity contribution in [2.75, 3.05) is 6.61 Å². The van der Waals surface area contributed by atoms with Crippen molar-refractivity contribution in [2.45, 2.75) is 97.6 Å². The fraction of sp³-hybridized carbons (Fsp3) is 0.571. The highest BCUT2D eigenvalue weighted by molar-refractivity contribution is 5.81. The van der Waals surface area contributed by atoms with Gasteiger partial charge in [0.25, 0.3) is 0 Å². The van der Waals surface area contributed by atoms with Crippen LogP contribution in [0.5, 0.6) is 0 Å². The molecule has 0 bridgehead atoms. The van der Waals surface area contributed by atoms with Gasteiger partial charge >= 0.3 is 29.9 Å². The summed E-state index contributed by atoms with van der Waals surface area (Å²) in [7, 11) is 0. The van der Waals surface area contributed by atoms with Crippen LogP contribution in [0.15, 0.2) is 46.3 Å². The van der Waals surface area contributed by atoms with E-state index in [4.69, 9.17) is 18.9 Å². The van der Waals surface area contributed by atoms with E-state index in [2.05, 4.69) is 32.9 Å². The molecule has 0 spiro atoms. The van der Waals surface area contributed by atoms with Gasteiger partial charge in [0.1, 0.15) is 6.10 Å². The van der Waals surface area contributed by atoms with Crippen LogP contribution in [0.1, 0.15) is 85.5 Å². The molecule has 1 atom stereocenters. The predicted molar refractivity (Wildman–Crippen MR) is 136 cm³/mol. The maximum absolute atomic E-state index is 12.3. The summed E-state index contributed by atoms with van der Waals surface area (Å²) in [5, 5.41) is 20.8. The van der Waals surface area contributed by atoms with Crippen LogP contribution in [0.4, 0.5) is 0 Å². The Kier molecular flexibility index (Phi) is 11.9. The second kappa shape index (κ2) is 14.6. The van der Waals surface area contributed by atoms with E-state index in [1.54, 1.807) is 6.08 Å². The summed E-state index contributed by atoms with van der Waals surface area (Å²) in [6.07, 6.45) is 6.92. The molecule has 210 valence electrons. The van der Waals surface area contributed by atoms with Crippen molar-refractivity contribution in [3.05, 3.63) is 46.3 Å². The van der Waals surface area contributed by atoms with Gasteiger partial charge in [-0.05, 0) is 59.0 Å². The second-order valence-electron chi connectivity index (χ2n) is 9.66. The predicted octanol–water partition coefficient (Wildman–Crippen LogP) is 3.82. The standard InChI is InChI=1S/C28H38O10/c1-18(2)7-5-8-19(3)9-6-10-21(17-29)11-12-22-20(4)27(36-24(31)14-13-23(30)35-22)28(34)37-25(32)15-16-26(33)38-28/h7,9,11,22,29,34H,5-6,8,10,12-17H2,1-4H3/b19-9+,21-11-,27-20-. The van der Waals surface area contributed by atoms with Gasteiger partial charge in [-0.25, -0.2) is 0 Å². The fourth-order valence-corrected chi connectivity index (χ4v) is 3.88. The molecule has 0 aromatic carbocycles. The summed E-state index contributed by atoms with van der Waals surface area (Å²) < 4.78 is 20.6. The van der Waals surface area contributed by atoms with Crippen LogP contribution in [-0.4, -0.2) is 52.8 Å². The molecule has 2 rings (SSSR count). The van der Waals surface area contributed by atoms with Crippen molar-refractivity contribution in [1.82, 2.24) is 0 Å². The molecule has 0 aromatic heterocycles. The molecule has 1 saturated heterocycles. The van der Waals surface area contributed by atoms with Gasteiger partial charge in [-0.3, -0.25) is 19.2 Å². The number of esters is 4. The van der Waals surface area contributed by atoms with Gasteiger partial charge in [0.2, 0.25) is 5.76 Å². The lowest BCUT2D eigenvalue weighted by Crippen LogP contribution is -2.43. The molecule has 2 aliphatic heterocycles. The largest absolute Gasteiger partial charge is 0.457 e. The minimum absolute atomic E-state index is 0.0159. The van der Waals surface area contributed by atoms with Crippen LogP contribution in [0.3, 0.4) is 0 Å². The molecular formula is C28H38O10. The molecule has 38 heavy (non-hydrogen) atoms. The van der Waals surface area contributed by atoms with Crippen LogP contribution in [0.2, 0.25) is 0 Å². The molecule has 0 aromatic rings. The van der Waals surface area contributed by atoms with Crippen LogP contribution in [-0.2, 0) is 38.1 Å². The maximum atomic E-state index is 12.3. The summed E-state index contributed by atoms with van der Waals surface area (Å²) >= 11 is 0. The Morgan fingerprint density at radius 3 is 2.05 bits per heavy atom. The van der Waals surface area contributed by atoms with Crippen LogP contribution < -0.4 is 0 Å². The van der Waals surface area contributed by atoms with Gasteiger partial charge in [0.05, 0.1) is 32.3 Å². The third kappa shape index (κ3) is 9.90. The number of hydrogen-bond donors (Lipinski definition) is 2. The average molecular weight is 535 g/mol. The SMILES string of the molecule is CC(C)=CCC/C(C)=C/CC/C(=C/CC1OC(=O)CCC(=O)O/C(C2(O)OC(=O)CCC(=O)O2)=C\1C)CO. The third-order valence-corrected chi connectivity index (χ3v) is 6.06. The molecule has 2 N–H and O–H groups in total. The first kappa shape index (κ1) is 31.0. The number of aliphatic hydroxyl groups excluding tert-OH is 1. The normalized spacial score (nSPS) is 23.2. The second-order valence-corrected chi connectivity index (χ2v) is 9.66. The highest BCUT2D eigenvalue weighted by Gasteiger charge is 2.48. The summed E-state index contributed by atoms with van der Waals surface area (Å²) in [6, 6.07) is 0. The third-order valence-electron chi connectivity index (χ3n) is 6.06. The molecule has 10 nitrogen and oxygen atoms in total. The van der Waals surface area contributed by atoms with E-state index in [0.717, 1.165) is 12.8 Å². The zero-order valence-corrected chi connectivity index (χ0v) is 22.5. The van der Waals surface area contributed by atoms with Crippen LogP contribution >= 0.6 is 0 Å². The first-order valence-electron chi connectivity index (χ1n) is 12.8. The fourth-order valence-electron chi connectivity index (χ4n) is 3.88. The lowest BCUT2D eigenvalue weighted by molar-refractivity contribution is -0.312. The monoisotopic (exact) mass is 534 g/mol. The topological polar surface area (TPSA) is 146 Å². The average Bonchev–Trinajstić information content (AvgIpc) is 2.94. The Balaban J connectivity index is 2.27. The van der Waals surface area contributed by atoms with Crippen molar-refractivity contribution in [3.8, 4) is 0 Å².